The molecule has 0 saturated carbocycles. The highest BCUT2D eigenvalue weighted by Gasteiger charge is 2.12. The minimum atomic E-state index is -0.394. The Morgan fingerprint density at radius 3 is 2.67 bits per heavy atom. The van der Waals surface area contributed by atoms with Crippen molar-refractivity contribution in [3.05, 3.63) is 83.5 Å². The predicted molar refractivity (Wildman–Crippen MR) is 105 cm³/mol. The summed E-state index contributed by atoms with van der Waals surface area (Å²) in [4.78, 5) is 22.0. The largest absolute Gasteiger partial charge is 0.438 e. The van der Waals surface area contributed by atoms with Crippen LogP contribution in [0.2, 0.25) is 0 Å². The van der Waals surface area contributed by atoms with Crippen LogP contribution in [0, 0.1) is 0 Å². The minimum absolute atomic E-state index is 0.394. The lowest BCUT2D eigenvalue weighted by Gasteiger charge is -2.06. The van der Waals surface area contributed by atoms with Gasteiger partial charge in [-0.05, 0) is 29.8 Å². The molecule has 0 N–H and O–H groups in total. The van der Waals surface area contributed by atoms with Gasteiger partial charge in [-0.1, -0.05) is 30.3 Å². The lowest BCUT2D eigenvalue weighted by Crippen LogP contribution is -1.95. The predicted octanol–water partition coefficient (Wildman–Crippen LogP) is 5.26. The molecule has 5 nitrogen and oxygen atoms in total. The molecule has 0 spiro atoms. The van der Waals surface area contributed by atoms with E-state index in [4.69, 9.17) is 9.15 Å². The van der Waals surface area contributed by atoms with E-state index in [1.165, 1.54) is 12.4 Å². The van der Waals surface area contributed by atoms with E-state index in [1.807, 2.05) is 36.4 Å². The SMILES string of the molecule is O=c1ccc2ccc(Oc3ncnc4sc(-c5ccccc5)cc34)cc2o1. The zero-order valence-electron chi connectivity index (χ0n) is 14.0. The van der Waals surface area contributed by atoms with Crippen molar-refractivity contribution in [3.63, 3.8) is 0 Å². The Bertz CT molecular complexity index is 1330. The maximum atomic E-state index is 11.4. The summed E-state index contributed by atoms with van der Waals surface area (Å²) in [6.45, 7) is 0. The summed E-state index contributed by atoms with van der Waals surface area (Å²) in [7, 11) is 0. The first kappa shape index (κ1) is 15.7. The van der Waals surface area contributed by atoms with Crippen molar-refractivity contribution in [2.45, 2.75) is 0 Å². The molecule has 0 bridgehead atoms. The highest BCUT2D eigenvalue weighted by atomic mass is 32.1. The molecule has 5 aromatic rings. The van der Waals surface area contributed by atoms with Gasteiger partial charge in [0.1, 0.15) is 22.5 Å². The van der Waals surface area contributed by atoms with Crippen LogP contribution in [-0.2, 0) is 0 Å². The molecule has 6 heteroatoms. The molecule has 0 aliphatic heterocycles. The molecule has 27 heavy (non-hydrogen) atoms. The molecular weight excluding hydrogens is 360 g/mol. The summed E-state index contributed by atoms with van der Waals surface area (Å²) < 4.78 is 11.2. The van der Waals surface area contributed by atoms with Gasteiger partial charge in [0.15, 0.2) is 0 Å². The fourth-order valence-electron chi connectivity index (χ4n) is 2.88. The van der Waals surface area contributed by atoms with E-state index in [1.54, 1.807) is 23.5 Å². The normalized spacial score (nSPS) is 11.1. The van der Waals surface area contributed by atoms with Crippen molar-refractivity contribution >= 4 is 32.5 Å². The zero-order valence-corrected chi connectivity index (χ0v) is 14.8. The monoisotopic (exact) mass is 372 g/mol. The van der Waals surface area contributed by atoms with Crippen LogP contribution in [0.1, 0.15) is 0 Å². The average molecular weight is 372 g/mol. The topological polar surface area (TPSA) is 65.2 Å². The van der Waals surface area contributed by atoms with Gasteiger partial charge in [-0.25, -0.2) is 14.8 Å². The van der Waals surface area contributed by atoms with E-state index in [9.17, 15) is 4.79 Å². The molecule has 3 aromatic heterocycles. The van der Waals surface area contributed by atoms with E-state index in [0.29, 0.717) is 17.2 Å². The smallest absolute Gasteiger partial charge is 0.336 e. The van der Waals surface area contributed by atoms with Crippen LogP contribution in [0.25, 0.3) is 31.6 Å². The van der Waals surface area contributed by atoms with Gasteiger partial charge >= 0.3 is 5.63 Å². The maximum Gasteiger partial charge on any atom is 0.336 e. The third-order valence-electron chi connectivity index (χ3n) is 4.16. The minimum Gasteiger partial charge on any atom is -0.438 e. The highest BCUT2D eigenvalue weighted by molar-refractivity contribution is 7.21. The first-order chi connectivity index (χ1) is 13.3. The Morgan fingerprint density at radius 2 is 1.78 bits per heavy atom. The quantitative estimate of drug-likeness (QED) is 0.404. The van der Waals surface area contributed by atoms with E-state index < -0.39 is 5.63 Å². The average Bonchev–Trinajstić information content (AvgIpc) is 3.14. The van der Waals surface area contributed by atoms with Crippen LogP contribution >= 0.6 is 11.3 Å². The van der Waals surface area contributed by atoms with E-state index in [0.717, 1.165) is 26.0 Å². The van der Waals surface area contributed by atoms with Gasteiger partial charge in [0.25, 0.3) is 0 Å². The molecule has 0 saturated heterocycles. The number of hydrogen-bond acceptors (Lipinski definition) is 6. The molecule has 5 rings (SSSR count). The standard InChI is InChI=1S/C21H12N2O3S/c24-19-9-7-13-6-8-15(10-17(13)26-19)25-20-16-11-18(14-4-2-1-3-5-14)27-21(16)23-12-22-20/h1-12H. The van der Waals surface area contributed by atoms with Crippen LogP contribution in [0.15, 0.2) is 82.3 Å². The number of benzene rings is 2. The van der Waals surface area contributed by atoms with Gasteiger partial charge in [-0.2, -0.15) is 0 Å². The van der Waals surface area contributed by atoms with Crippen LogP contribution < -0.4 is 10.4 Å². The Morgan fingerprint density at radius 1 is 0.926 bits per heavy atom. The fourth-order valence-corrected chi connectivity index (χ4v) is 3.87. The molecule has 0 aliphatic rings. The van der Waals surface area contributed by atoms with Crippen molar-refractivity contribution in [2.24, 2.45) is 0 Å². The molecule has 0 aliphatic carbocycles. The molecule has 0 fully saturated rings. The summed E-state index contributed by atoms with van der Waals surface area (Å²) >= 11 is 1.59. The van der Waals surface area contributed by atoms with Gasteiger partial charge in [0, 0.05) is 22.4 Å². The van der Waals surface area contributed by atoms with Crippen LogP contribution in [-0.4, -0.2) is 9.97 Å². The third kappa shape index (κ3) is 2.96. The Kier molecular flexibility index (Phi) is 3.69. The summed E-state index contributed by atoms with van der Waals surface area (Å²) in [5.41, 5.74) is 1.20. The molecular formula is C21H12N2O3S. The van der Waals surface area contributed by atoms with Gasteiger partial charge in [0.05, 0.1) is 5.39 Å². The second-order valence-corrected chi connectivity index (χ2v) is 6.96. The number of nitrogens with zero attached hydrogens (tertiary/aromatic N) is 2. The zero-order chi connectivity index (χ0) is 18.2. The molecule has 2 aromatic carbocycles. The summed E-state index contributed by atoms with van der Waals surface area (Å²) in [5, 5.41) is 1.67. The van der Waals surface area contributed by atoms with Crippen molar-refractivity contribution in [2.75, 3.05) is 0 Å². The van der Waals surface area contributed by atoms with Crippen molar-refractivity contribution < 1.29 is 9.15 Å². The Balaban J connectivity index is 1.57. The molecule has 0 atom stereocenters. The lowest BCUT2D eigenvalue weighted by atomic mass is 10.2. The summed E-state index contributed by atoms with van der Waals surface area (Å²) in [6, 6.07) is 20.6. The van der Waals surface area contributed by atoms with Crippen LogP contribution in [0.4, 0.5) is 0 Å². The van der Waals surface area contributed by atoms with Gasteiger partial charge in [0.2, 0.25) is 5.88 Å². The Labute approximate surface area is 157 Å². The molecule has 0 amide bonds. The maximum absolute atomic E-state index is 11.4. The van der Waals surface area contributed by atoms with E-state index in [2.05, 4.69) is 22.1 Å². The number of hydrogen-bond donors (Lipinski definition) is 0. The number of thiophene rings is 1. The van der Waals surface area contributed by atoms with Gasteiger partial charge in [-0.3, -0.25) is 0 Å². The number of ether oxygens (including phenoxy) is 1. The second kappa shape index (κ2) is 6.34. The molecule has 0 unspecified atom stereocenters. The highest BCUT2D eigenvalue weighted by Crippen LogP contribution is 2.37. The molecule has 0 radical (unpaired) electrons. The molecule has 130 valence electrons. The van der Waals surface area contributed by atoms with Crippen molar-refractivity contribution in [3.8, 4) is 22.1 Å². The van der Waals surface area contributed by atoms with E-state index >= 15 is 0 Å². The van der Waals surface area contributed by atoms with Gasteiger partial charge in [-0.15, -0.1) is 11.3 Å². The lowest BCUT2D eigenvalue weighted by molar-refractivity contribution is 0.466. The Hall–Kier alpha value is -3.51. The van der Waals surface area contributed by atoms with Crippen molar-refractivity contribution in [1.29, 1.82) is 0 Å². The van der Waals surface area contributed by atoms with E-state index in [-0.39, 0.29) is 0 Å². The third-order valence-corrected chi connectivity index (χ3v) is 5.25. The van der Waals surface area contributed by atoms with Crippen LogP contribution in [0.3, 0.4) is 0 Å². The number of rotatable bonds is 3. The first-order valence-corrected chi connectivity index (χ1v) is 9.10. The van der Waals surface area contributed by atoms with Crippen LogP contribution in [0.5, 0.6) is 11.6 Å². The fraction of sp³-hybridized carbons (Fsp3) is 0. The number of fused-ring (bicyclic) bond motifs is 2. The first-order valence-electron chi connectivity index (χ1n) is 8.28. The summed E-state index contributed by atoms with van der Waals surface area (Å²) in [5.74, 6) is 1.01. The molecule has 3 heterocycles. The van der Waals surface area contributed by atoms with Crippen molar-refractivity contribution in [1.82, 2.24) is 9.97 Å². The number of aromatic nitrogens is 2. The summed E-state index contributed by atoms with van der Waals surface area (Å²) in [6.07, 6.45) is 1.49. The second-order valence-electron chi connectivity index (χ2n) is 5.93. The van der Waals surface area contributed by atoms with Gasteiger partial charge < -0.3 is 9.15 Å².